The largest absolute Gasteiger partial charge is 0.356 e. The molecule has 0 aliphatic carbocycles. The Morgan fingerprint density at radius 1 is 1.11 bits per heavy atom. The van der Waals surface area contributed by atoms with Crippen LogP contribution in [0.5, 0.6) is 0 Å². The van der Waals surface area contributed by atoms with E-state index >= 15 is 0 Å². The van der Waals surface area contributed by atoms with Crippen molar-refractivity contribution in [3.8, 4) is 5.69 Å². The van der Waals surface area contributed by atoms with Crippen molar-refractivity contribution in [3.05, 3.63) is 50.8 Å². The van der Waals surface area contributed by atoms with Crippen LogP contribution in [0.4, 0.5) is 17.6 Å². The Morgan fingerprint density at radius 3 is 2.26 bits per heavy atom. The summed E-state index contributed by atoms with van der Waals surface area (Å²) in [7, 11) is 0.920. The molecule has 2 rings (SSSR count). The molecule has 0 spiro atoms. The summed E-state index contributed by atoms with van der Waals surface area (Å²) in [6, 6.07) is 2.04. The van der Waals surface area contributed by atoms with Crippen LogP contribution in [0.2, 0.25) is 0 Å². The highest BCUT2D eigenvalue weighted by atomic mass is 19.3. The lowest BCUT2D eigenvalue weighted by molar-refractivity contribution is 0.0402. The molecule has 0 N–H and O–H groups in total. The predicted molar refractivity (Wildman–Crippen MR) is 56.4 cm³/mol. The molecule has 0 atom stereocenters. The first kappa shape index (κ1) is 13.1. The summed E-state index contributed by atoms with van der Waals surface area (Å²) in [5.74, 6) is -1.98. The van der Waals surface area contributed by atoms with Crippen molar-refractivity contribution in [2.75, 3.05) is 0 Å². The van der Waals surface area contributed by atoms with Gasteiger partial charge in [0.1, 0.15) is 11.6 Å². The Labute approximate surface area is 102 Å². The minimum absolute atomic E-state index is 0.143. The molecular formula is C10H7F4N3O2. The molecule has 0 aliphatic heterocycles. The van der Waals surface area contributed by atoms with Crippen LogP contribution in [0.1, 0.15) is 6.55 Å². The third-order valence-corrected chi connectivity index (χ3v) is 2.51. The quantitative estimate of drug-likeness (QED) is 0.769. The van der Waals surface area contributed by atoms with Crippen molar-refractivity contribution in [2.24, 2.45) is 7.05 Å². The second kappa shape index (κ2) is 4.41. The highest BCUT2D eigenvalue weighted by Gasteiger charge is 2.22. The van der Waals surface area contributed by atoms with E-state index in [9.17, 15) is 27.2 Å². The number of aromatic nitrogens is 3. The van der Waals surface area contributed by atoms with Gasteiger partial charge in [0.25, 0.3) is 0 Å². The molecule has 2 aromatic rings. The molecule has 0 radical (unpaired) electrons. The molecule has 1 heterocycles. The van der Waals surface area contributed by atoms with Crippen LogP contribution in [0.15, 0.2) is 27.8 Å². The number of alkyl halides is 2. The minimum atomic E-state index is -3.27. The van der Waals surface area contributed by atoms with E-state index in [-0.39, 0.29) is 9.25 Å². The van der Waals surface area contributed by atoms with E-state index in [0.29, 0.717) is 16.8 Å². The summed E-state index contributed by atoms with van der Waals surface area (Å²) in [4.78, 5) is 23.3. The van der Waals surface area contributed by atoms with Crippen molar-refractivity contribution >= 4 is 0 Å². The third kappa shape index (κ3) is 1.96. The number of hydrogen-bond donors (Lipinski definition) is 0. The molecule has 0 bridgehead atoms. The van der Waals surface area contributed by atoms with Gasteiger partial charge in [-0.05, 0) is 12.1 Å². The Bertz CT molecular complexity index is 744. The molecule has 0 amide bonds. The molecule has 0 aliphatic rings. The summed E-state index contributed by atoms with van der Waals surface area (Å²) in [5.41, 5.74) is -3.37. The standard InChI is InChI=1S/C10H7F4N3O2/c1-15-9(18)16(10(19)17(15)8(13)14)7-4-5(11)2-3-6(7)12/h2-4,8H,1H3. The average molecular weight is 277 g/mol. The van der Waals surface area contributed by atoms with Crippen molar-refractivity contribution in [1.82, 2.24) is 13.9 Å². The van der Waals surface area contributed by atoms with Crippen molar-refractivity contribution < 1.29 is 17.6 Å². The van der Waals surface area contributed by atoms with Crippen molar-refractivity contribution in [3.63, 3.8) is 0 Å². The fraction of sp³-hybridized carbons (Fsp3) is 0.200. The van der Waals surface area contributed by atoms with Gasteiger partial charge in [0.05, 0.1) is 5.69 Å². The average Bonchev–Trinajstić information content (AvgIpc) is 2.54. The molecule has 5 nitrogen and oxygen atoms in total. The van der Waals surface area contributed by atoms with Gasteiger partial charge in [-0.2, -0.15) is 13.5 Å². The molecule has 0 fully saturated rings. The van der Waals surface area contributed by atoms with Crippen LogP contribution in [-0.2, 0) is 7.05 Å². The van der Waals surface area contributed by atoms with Gasteiger partial charge in [-0.1, -0.05) is 0 Å². The lowest BCUT2D eigenvalue weighted by Gasteiger charge is -2.01. The monoisotopic (exact) mass is 277 g/mol. The van der Waals surface area contributed by atoms with E-state index in [4.69, 9.17) is 0 Å². The van der Waals surface area contributed by atoms with Gasteiger partial charge in [0.2, 0.25) is 0 Å². The number of halogens is 4. The van der Waals surface area contributed by atoms with E-state index < -0.39 is 35.3 Å². The van der Waals surface area contributed by atoms with Gasteiger partial charge in [-0.3, -0.25) is 0 Å². The summed E-state index contributed by atoms with van der Waals surface area (Å²) < 4.78 is 52.0. The van der Waals surface area contributed by atoms with Crippen LogP contribution < -0.4 is 11.4 Å². The molecule has 0 saturated carbocycles. The molecule has 102 valence electrons. The molecule has 19 heavy (non-hydrogen) atoms. The summed E-state index contributed by atoms with van der Waals surface area (Å²) in [6.07, 6.45) is 0. The Balaban J connectivity index is 2.85. The molecule has 0 saturated heterocycles. The molecule has 9 heteroatoms. The third-order valence-electron chi connectivity index (χ3n) is 2.51. The zero-order chi connectivity index (χ0) is 14.3. The Kier molecular flexibility index (Phi) is 3.05. The first-order valence-electron chi connectivity index (χ1n) is 4.98. The van der Waals surface area contributed by atoms with Gasteiger partial charge in [0.15, 0.2) is 0 Å². The number of hydrogen-bond acceptors (Lipinski definition) is 2. The fourth-order valence-electron chi connectivity index (χ4n) is 1.63. The summed E-state index contributed by atoms with van der Waals surface area (Å²) >= 11 is 0. The van der Waals surface area contributed by atoms with Crippen LogP contribution in [0, 0.1) is 11.6 Å². The summed E-state index contributed by atoms with van der Waals surface area (Å²) in [5, 5.41) is 0. The van der Waals surface area contributed by atoms with Crippen LogP contribution in [0.25, 0.3) is 5.69 Å². The zero-order valence-electron chi connectivity index (χ0n) is 9.48. The lowest BCUT2D eigenvalue weighted by Crippen LogP contribution is -2.28. The van der Waals surface area contributed by atoms with Gasteiger partial charge in [-0.25, -0.2) is 27.6 Å². The zero-order valence-corrected chi connectivity index (χ0v) is 9.48. The fourth-order valence-corrected chi connectivity index (χ4v) is 1.63. The highest BCUT2D eigenvalue weighted by Crippen LogP contribution is 2.12. The number of nitrogens with zero attached hydrogens (tertiary/aromatic N) is 3. The normalized spacial score (nSPS) is 11.3. The van der Waals surface area contributed by atoms with Crippen LogP contribution in [-0.4, -0.2) is 13.9 Å². The van der Waals surface area contributed by atoms with Gasteiger partial charge < -0.3 is 0 Å². The minimum Gasteiger partial charge on any atom is -0.246 e. The number of rotatable bonds is 2. The maximum Gasteiger partial charge on any atom is 0.356 e. The predicted octanol–water partition coefficient (Wildman–Crippen LogP) is 1.01. The maximum absolute atomic E-state index is 13.5. The molecular weight excluding hydrogens is 270 g/mol. The second-order valence-electron chi connectivity index (χ2n) is 3.64. The SMILES string of the molecule is Cn1c(=O)n(-c2cc(F)ccc2F)c(=O)n1C(F)F. The van der Waals surface area contributed by atoms with Crippen molar-refractivity contribution in [1.29, 1.82) is 0 Å². The van der Waals surface area contributed by atoms with E-state index in [1.54, 1.807) is 0 Å². The van der Waals surface area contributed by atoms with Crippen molar-refractivity contribution in [2.45, 2.75) is 6.55 Å². The summed E-state index contributed by atoms with van der Waals surface area (Å²) in [6.45, 7) is -3.27. The lowest BCUT2D eigenvalue weighted by atomic mass is 10.3. The van der Waals surface area contributed by atoms with E-state index in [1.807, 2.05) is 0 Å². The maximum atomic E-state index is 13.5. The first-order chi connectivity index (χ1) is 8.84. The Hall–Kier alpha value is -2.32. The van der Waals surface area contributed by atoms with E-state index in [2.05, 4.69) is 0 Å². The van der Waals surface area contributed by atoms with Gasteiger partial charge >= 0.3 is 17.9 Å². The van der Waals surface area contributed by atoms with E-state index in [0.717, 1.165) is 13.1 Å². The first-order valence-corrected chi connectivity index (χ1v) is 4.98. The molecule has 1 aromatic carbocycles. The van der Waals surface area contributed by atoms with Gasteiger partial charge in [0, 0.05) is 13.1 Å². The molecule has 1 aromatic heterocycles. The van der Waals surface area contributed by atoms with Crippen LogP contribution in [0.3, 0.4) is 0 Å². The topological polar surface area (TPSA) is 48.9 Å². The highest BCUT2D eigenvalue weighted by molar-refractivity contribution is 5.33. The Morgan fingerprint density at radius 2 is 1.74 bits per heavy atom. The van der Waals surface area contributed by atoms with E-state index in [1.165, 1.54) is 0 Å². The molecule has 0 unspecified atom stereocenters. The number of benzene rings is 1. The smallest absolute Gasteiger partial charge is 0.246 e. The second-order valence-corrected chi connectivity index (χ2v) is 3.64. The van der Waals surface area contributed by atoms with Gasteiger partial charge in [-0.15, -0.1) is 0 Å². The van der Waals surface area contributed by atoms with Crippen LogP contribution >= 0.6 is 0 Å².